The van der Waals surface area contributed by atoms with Crippen molar-refractivity contribution in [3.63, 3.8) is 0 Å². The highest BCUT2D eigenvalue weighted by Crippen LogP contribution is 2.12. The number of nitrogens with two attached hydrogens (primary N) is 1. The Bertz CT molecular complexity index is 431. The van der Waals surface area contributed by atoms with Crippen molar-refractivity contribution in [3.8, 4) is 0 Å². The van der Waals surface area contributed by atoms with Crippen molar-refractivity contribution in [1.82, 2.24) is 5.32 Å². The second-order valence-corrected chi connectivity index (χ2v) is 4.35. The number of non-ortho nitro benzene ring substituents is 1. The minimum absolute atomic E-state index is 0.0297. The van der Waals surface area contributed by atoms with Gasteiger partial charge in [-0.15, -0.1) is 0 Å². The number of hydrogen-bond acceptors (Lipinski definition) is 4. The van der Waals surface area contributed by atoms with E-state index in [1.807, 2.05) is 0 Å². The number of benzene rings is 1. The smallest absolute Gasteiger partial charge is 0.269 e. The highest BCUT2D eigenvalue weighted by atomic mass is 16.6. The fourth-order valence-corrected chi connectivity index (χ4v) is 1.70. The molecule has 0 saturated carbocycles. The highest BCUT2D eigenvalue weighted by molar-refractivity contribution is 5.94. The van der Waals surface area contributed by atoms with E-state index >= 15 is 0 Å². The van der Waals surface area contributed by atoms with Crippen LogP contribution in [0, 0.1) is 10.1 Å². The quantitative estimate of drug-likeness (QED) is 0.580. The van der Waals surface area contributed by atoms with Crippen molar-refractivity contribution in [2.45, 2.75) is 32.2 Å². The predicted octanol–water partition coefficient (Wildman–Crippen LogP) is 1.84. The maximum atomic E-state index is 11.9. The van der Waals surface area contributed by atoms with Gasteiger partial charge in [0, 0.05) is 30.3 Å². The molecule has 0 fully saturated rings. The molecule has 1 unspecified atom stereocenters. The van der Waals surface area contributed by atoms with Crippen LogP contribution in [0.3, 0.4) is 0 Å². The van der Waals surface area contributed by atoms with Gasteiger partial charge in [-0.25, -0.2) is 0 Å². The van der Waals surface area contributed by atoms with Crippen molar-refractivity contribution >= 4 is 11.6 Å². The summed E-state index contributed by atoms with van der Waals surface area (Å²) in [4.78, 5) is 21.9. The number of nitro benzene ring substituents is 1. The summed E-state index contributed by atoms with van der Waals surface area (Å²) in [6.07, 6.45) is 2.89. The maximum Gasteiger partial charge on any atom is 0.269 e. The van der Waals surface area contributed by atoms with Crippen LogP contribution in [0.4, 0.5) is 5.69 Å². The number of carbonyl (C=O) groups excluding carboxylic acids is 1. The standard InChI is InChI=1S/C13H19N3O3/c1-2-3-4-11(9-14)15-13(17)10-5-7-12(8-6-10)16(18)19/h5-8,11H,2-4,9,14H2,1H3,(H,15,17). The average Bonchev–Trinajstić information content (AvgIpc) is 2.43. The van der Waals surface area contributed by atoms with Gasteiger partial charge < -0.3 is 11.1 Å². The lowest BCUT2D eigenvalue weighted by Crippen LogP contribution is -2.40. The Balaban J connectivity index is 2.63. The molecule has 0 aliphatic rings. The summed E-state index contributed by atoms with van der Waals surface area (Å²) in [6, 6.07) is 5.47. The zero-order valence-electron chi connectivity index (χ0n) is 11.0. The Hall–Kier alpha value is -1.95. The van der Waals surface area contributed by atoms with Gasteiger partial charge in [-0.2, -0.15) is 0 Å². The van der Waals surface area contributed by atoms with E-state index in [0.29, 0.717) is 12.1 Å². The van der Waals surface area contributed by atoms with Crippen LogP contribution in [0.25, 0.3) is 0 Å². The van der Waals surface area contributed by atoms with E-state index in [-0.39, 0.29) is 17.6 Å². The van der Waals surface area contributed by atoms with Crippen LogP contribution in [0.5, 0.6) is 0 Å². The van der Waals surface area contributed by atoms with Crippen molar-refractivity contribution in [2.75, 3.05) is 6.54 Å². The van der Waals surface area contributed by atoms with Crippen LogP contribution in [-0.4, -0.2) is 23.4 Å². The van der Waals surface area contributed by atoms with Crippen molar-refractivity contribution in [3.05, 3.63) is 39.9 Å². The van der Waals surface area contributed by atoms with E-state index in [1.54, 1.807) is 0 Å². The molecule has 1 atom stereocenters. The molecule has 1 amide bonds. The Morgan fingerprint density at radius 1 is 1.42 bits per heavy atom. The molecular formula is C13H19N3O3. The van der Waals surface area contributed by atoms with Crippen molar-refractivity contribution in [1.29, 1.82) is 0 Å². The summed E-state index contributed by atoms with van der Waals surface area (Å²) in [6.45, 7) is 2.46. The Labute approximate surface area is 112 Å². The highest BCUT2D eigenvalue weighted by Gasteiger charge is 2.13. The van der Waals surface area contributed by atoms with E-state index in [2.05, 4.69) is 12.2 Å². The summed E-state index contributed by atoms with van der Waals surface area (Å²) >= 11 is 0. The van der Waals surface area contributed by atoms with Gasteiger partial charge in [0.05, 0.1) is 4.92 Å². The normalized spacial score (nSPS) is 11.9. The lowest BCUT2D eigenvalue weighted by atomic mass is 10.1. The Morgan fingerprint density at radius 2 is 2.05 bits per heavy atom. The molecule has 19 heavy (non-hydrogen) atoms. The van der Waals surface area contributed by atoms with E-state index in [9.17, 15) is 14.9 Å². The van der Waals surface area contributed by atoms with Crippen LogP contribution in [0.15, 0.2) is 24.3 Å². The first-order chi connectivity index (χ1) is 9.08. The number of hydrogen-bond donors (Lipinski definition) is 2. The first kappa shape index (κ1) is 15.1. The zero-order valence-corrected chi connectivity index (χ0v) is 11.0. The van der Waals surface area contributed by atoms with Crippen LogP contribution >= 0.6 is 0 Å². The van der Waals surface area contributed by atoms with Crippen LogP contribution < -0.4 is 11.1 Å². The van der Waals surface area contributed by atoms with Crippen molar-refractivity contribution in [2.24, 2.45) is 5.73 Å². The molecule has 0 aromatic heterocycles. The zero-order chi connectivity index (χ0) is 14.3. The molecule has 0 aliphatic carbocycles. The molecule has 0 bridgehead atoms. The molecule has 6 heteroatoms. The van der Waals surface area contributed by atoms with Crippen LogP contribution in [0.2, 0.25) is 0 Å². The Morgan fingerprint density at radius 3 is 2.53 bits per heavy atom. The van der Waals surface area contributed by atoms with Gasteiger partial charge in [0.15, 0.2) is 0 Å². The largest absolute Gasteiger partial charge is 0.348 e. The summed E-state index contributed by atoms with van der Waals surface area (Å²) in [5, 5.41) is 13.3. The molecule has 0 saturated heterocycles. The van der Waals surface area contributed by atoms with Crippen LogP contribution in [0.1, 0.15) is 36.5 Å². The number of nitrogens with one attached hydrogen (secondary N) is 1. The fourth-order valence-electron chi connectivity index (χ4n) is 1.70. The number of amides is 1. The first-order valence-electron chi connectivity index (χ1n) is 6.33. The third kappa shape index (κ3) is 4.67. The number of nitro groups is 1. The Kier molecular flexibility index (Phi) is 5.95. The second-order valence-electron chi connectivity index (χ2n) is 4.35. The third-order valence-corrected chi connectivity index (χ3v) is 2.87. The van der Waals surface area contributed by atoms with Gasteiger partial charge in [0.1, 0.15) is 0 Å². The van der Waals surface area contributed by atoms with Crippen molar-refractivity contribution < 1.29 is 9.72 Å². The van der Waals surface area contributed by atoms with Gasteiger partial charge in [0.25, 0.3) is 11.6 Å². The molecular weight excluding hydrogens is 246 g/mol. The van der Waals surface area contributed by atoms with E-state index < -0.39 is 4.92 Å². The molecule has 0 aliphatic heterocycles. The summed E-state index contributed by atoms with van der Waals surface area (Å²) in [5.41, 5.74) is 5.97. The number of rotatable bonds is 7. The number of carbonyl (C=O) groups is 1. The molecule has 0 spiro atoms. The third-order valence-electron chi connectivity index (χ3n) is 2.87. The van der Waals surface area contributed by atoms with Gasteiger partial charge in [0.2, 0.25) is 0 Å². The number of unbranched alkanes of at least 4 members (excludes halogenated alkanes) is 1. The van der Waals surface area contributed by atoms with Gasteiger partial charge in [-0.05, 0) is 18.6 Å². The topological polar surface area (TPSA) is 98.3 Å². The van der Waals surface area contributed by atoms with E-state index in [4.69, 9.17) is 5.73 Å². The first-order valence-corrected chi connectivity index (χ1v) is 6.33. The number of nitrogens with zero attached hydrogens (tertiary/aromatic N) is 1. The SMILES string of the molecule is CCCCC(CN)NC(=O)c1ccc([N+](=O)[O-])cc1. The molecule has 3 N–H and O–H groups in total. The van der Waals surface area contributed by atoms with Gasteiger partial charge >= 0.3 is 0 Å². The summed E-state index contributed by atoms with van der Waals surface area (Å²) in [5.74, 6) is -0.249. The summed E-state index contributed by atoms with van der Waals surface area (Å²) in [7, 11) is 0. The summed E-state index contributed by atoms with van der Waals surface area (Å²) < 4.78 is 0. The van der Waals surface area contributed by atoms with Crippen LogP contribution in [-0.2, 0) is 0 Å². The molecule has 1 aromatic rings. The maximum absolute atomic E-state index is 11.9. The lowest BCUT2D eigenvalue weighted by Gasteiger charge is -2.16. The second kappa shape index (κ2) is 7.48. The average molecular weight is 265 g/mol. The van der Waals surface area contributed by atoms with E-state index in [1.165, 1.54) is 24.3 Å². The molecule has 0 heterocycles. The fraction of sp³-hybridized carbons (Fsp3) is 0.462. The molecule has 1 rings (SSSR count). The molecule has 0 radical (unpaired) electrons. The molecule has 1 aromatic carbocycles. The minimum Gasteiger partial charge on any atom is -0.348 e. The van der Waals surface area contributed by atoms with Gasteiger partial charge in [-0.3, -0.25) is 14.9 Å². The predicted molar refractivity (Wildman–Crippen MR) is 72.9 cm³/mol. The monoisotopic (exact) mass is 265 g/mol. The molecule has 6 nitrogen and oxygen atoms in total. The lowest BCUT2D eigenvalue weighted by molar-refractivity contribution is -0.384. The van der Waals surface area contributed by atoms with Gasteiger partial charge in [-0.1, -0.05) is 19.8 Å². The minimum atomic E-state index is -0.494. The van der Waals surface area contributed by atoms with E-state index in [0.717, 1.165) is 19.3 Å². The molecule has 104 valence electrons.